The van der Waals surface area contributed by atoms with Crippen LogP contribution in [0.15, 0.2) is 53.4 Å². The lowest BCUT2D eigenvalue weighted by Gasteiger charge is -2.33. The van der Waals surface area contributed by atoms with Crippen molar-refractivity contribution in [3.8, 4) is 5.75 Å². The zero-order valence-electron chi connectivity index (χ0n) is 14.1. The van der Waals surface area contributed by atoms with Crippen LogP contribution in [0.4, 0.5) is 4.39 Å². The fraction of sp³-hybridized carbons (Fsp3) is 0.333. The molecule has 140 valence electrons. The normalized spacial score (nSPS) is 16.5. The third-order valence-corrected chi connectivity index (χ3v) is 6.46. The summed E-state index contributed by atoms with van der Waals surface area (Å²) in [5.74, 6) is 0.0291. The molecule has 2 aromatic rings. The van der Waals surface area contributed by atoms with Gasteiger partial charge in [-0.15, -0.1) is 0 Å². The van der Waals surface area contributed by atoms with Gasteiger partial charge in [0.25, 0.3) is 0 Å². The Kier molecular flexibility index (Phi) is 6.13. The first kappa shape index (κ1) is 19.1. The van der Waals surface area contributed by atoms with Crippen LogP contribution in [0.3, 0.4) is 0 Å². The Labute approximate surface area is 158 Å². The maximum Gasteiger partial charge on any atom is 0.246 e. The van der Waals surface area contributed by atoms with Gasteiger partial charge in [-0.1, -0.05) is 23.7 Å². The first-order valence-corrected chi connectivity index (χ1v) is 10.1. The van der Waals surface area contributed by atoms with Gasteiger partial charge in [-0.3, -0.25) is 4.90 Å². The number of rotatable bonds is 6. The molecule has 26 heavy (non-hydrogen) atoms. The largest absolute Gasteiger partial charge is 0.492 e. The predicted octanol–water partition coefficient (Wildman–Crippen LogP) is 2.86. The molecule has 0 aromatic heterocycles. The number of hydrogen-bond acceptors (Lipinski definition) is 4. The van der Waals surface area contributed by atoms with Crippen LogP contribution in [0.2, 0.25) is 5.02 Å². The summed E-state index contributed by atoms with van der Waals surface area (Å²) in [5, 5.41) is 0.657. The highest BCUT2D eigenvalue weighted by Gasteiger charge is 2.30. The second-order valence-electron chi connectivity index (χ2n) is 5.98. The van der Waals surface area contributed by atoms with Crippen molar-refractivity contribution in [2.45, 2.75) is 4.90 Å². The lowest BCUT2D eigenvalue weighted by molar-refractivity contribution is 0.158. The van der Waals surface area contributed by atoms with Crippen molar-refractivity contribution >= 4 is 21.6 Å². The van der Waals surface area contributed by atoms with Crippen molar-refractivity contribution < 1.29 is 17.5 Å². The molecule has 3 rings (SSSR count). The molecule has 5 nitrogen and oxygen atoms in total. The Balaban J connectivity index is 1.49. The molecule has 0 bridgehead atoms. The maximum atomic E-state index is 13.8. The van der Waals surface area contributed by atoms with E-state index in [0.29, 0.717) is 44.4 Å². The first-order chi connectivity index (χ1) is 12.5. The van der Waals surface area contributed by atoms with Gasteiger partial charge in [0.1, 0.15) is 23.1 Å². The van der Waals surface area contributed by atoms with Crippen LogP contribution in [0.5, 0.6) is 5.75 Å². The summed E-state index contributed by atoms with van der Waals surface area (Å²) >= 11 is 5.83. The van der Waals surface area contributed by atoms with Gasteiger partial charge in [0.05, 0.1) is 0 Å². The topological polar surface area (TPSA) is 49.9 Å². The van der Waals surface area contributed by atoms with Gasteiger partial charge in [-0.05, 0) is 36.4 Å². The van der Waals surface area contributed by atoms with Crippen LogP contribution in [0.25, 0.3) is 0 Å². The summed E-state index contributed by atoms with van der Waals surface area (Å²) < 4.78 is 46.0. The molecule has 0 saturated carbocycles. The third kappa shape index (κ3) is 4.54. The van der Waals surface area contributed by atoms with E-state index in [-0.39, 0.29) is 4.90 Å². The van der Waals surface area contributed by atoms with Gasteiger partial charge in [0.2, 0.25) is 10.0 Å². The van der Waals surface area contributed by atoms with Crippen LogP contribution in [0.1, 0.15) is 0 Å². The summed E-state index contributed by atoms with van der Waals surface area (Å²) in [6.45, 7) is 3.02. The standard InChI is InChI=1S/C18H20ClFN2O3S/c19-15-5-7-16(8-6-15)25-14-13-21-9-11-22(12-10-21)26(23,24)18-4-2-1-3-17(18)20/h1-8H,9-14H2. The minimum atomic E-state index is -3.80. The van der Waals surface area contributed by atoms with E-state index in [0.717, 1.165) is 11.8 Å². The molecule has 0 radical (unpaired) electrons. The number of piperazine rings is 1. The quantitative estimate of drug-likeness (QED) is 0.750. The highest BCUT2D eigenvalue weighted by atomic mass is 35.5. The Morgan fingerprint density at radius 2 is 1.65 bits per heavy atom. The molecule has 1 aliphatic rings. The zero-order chi connectivity index (χ0) is 18.6. The number of hydrogen-bond donors (Lipinski definition) is 0. The monoisotopic (exact) mass is 398 g/mol. The molecule has 1 aliphatic heterocycles. The fourth-order valence-electron chi connectivity index (χ4n) is 2.81. The molecule has 2 aromatic carbocycles. The van der Waals surface area contributed by atoms with Crippen LogP contribution < -0.4 is 4.74 Å². The number of benzene rings is 2. The van der Waals surface area contributed by atoms with Crippen LogP contribution in [0, 0.1) is 5.82 Å². The van der Waals surface area contributed by atoms with E-state index in [1.165, 1.54) is 22.5 Å². The Morgan fingerprint density at radius 3 is 2.31 bits per heavy atom. The summed E-state index contributed by atoms with van der Waals surface area (Å²) in [5.41, 5.74) is 0. The van der Waals surface area contributed by atoms with Crippen molar-refractivity contribution in [2.24, 2.45) is 0 Å². The molecule has 1 heterocycles. The van der Waals surface area contributed by atoms with E-state index in [4.69, 9.17) is 16.3 Å². The van der Waals surface area contributed by atoms with Gasteiger partial charge in [0, 0.05) is 37.7 Å². The summed E-state index contributed by atoms with van der Waals surface area (Å²) in [6.07, 6.45) is 0. The second-order valence-corrected chi connectivity index (χ2v) is 8.32. The van der Waals surface area contributed by atoms with Crippen molar-refractivity contribution in [3.63, 3.8) is 0 Å². The summed E-state index contributed by atoms with van der Waals surface area (Å²) in [6, 6.07) is 12.6. The van der Waals surface area contributed by atoms with E-state index in [9.17, 15) is 12.8 Å². The minimum absolute atomic E-state index is 0.264. The summed E-state index contributed by atoms with van der Waals surface area (Å²) in [4.78, 5) is 1.86. The Bertz CT molecular complexity index is 838. The van der Waals surface area contributed by atoms with E-state index < -0.39 is 15.8 Å². The number of ether oxygens (including phenoxy) is 1. The lowest BCUT2D eigenvalue weighted by atomic mass is 10.3. The smallest absolute Gasteiger partial charge is 0.246 e. The van der Waals surface area contributed by atoms with Gasteiger partial charge in [-0.2, -0.15) is 4.31 Å². The van der Waals surface area contributed by atoms with Crippen molar-refractivity contribution in [2.75, 3.05) is 39.3 Å². The number of nitrogens with zero attached hydrogens (tertiary/aromatic N) is 2. The van der Waals surface area contributed by atoms with Crippen molar-refractivity contribution in [1.29, 1.82) is 0 Å². The molecule has 0 atom stereocenters. The fourth-order valence-corrected chi connectivity index (χ4v) is 4.42. The predicted molar refractivity (Wildman–Crippen MR) is 98.5 cm³/mol. The van der Waals surface area contributed by atoms with E-state index in [2.05, 4.69) is 4.90 Å². The SMILES string of the molecule is O=S(=O)(c1ccccc1F)N1CCN(CCOc2ccc(Cl)cc2)CC1. The molecule has 8 heteroatoms. The highest BCUT2D eigenvalue weighted by Crippen LogP contribution is 2.20. The molecule has 0 amide bonds. The molecule has 1 fully saturated rings. The third-order valence-electron chi connectivity index (χ3n) is 4.28. The number of sulfonamides is 1. The van der Waals surface area contributed by atoms with Crippen LogP contribution in [-0.4, -0.2) is 57.0 Å². The summed E-state index contributed by atoms with van der Waals surface area (Å²) in [7, 11) is -3.80. The van der Waals surface area contributed by atoms with Crippen LogP contribution in [-0.2, 0) is 10.0 Å². The van der Waals surface area contributed by atoms with E-state index in [1.807, 2.05) is 0 Å². The van der Waals surface area contributed by atoms with Crippen LogP contribution >= 0.6 is 11.6 Å². The second kappa shape index (κ2) is 8.35. The zero-order valence-corrected chi connectivity index (χ0v) is 15.7. The minimum Gasteiger partial charge on any atom is -0.492 e. The van der Waals surface area contributed by atoms with Gasteiger partial charge >= 0.3 is 0 Å². The van der Waals surface area contributed by atoms with Gasteiger partial charge in [-0.25, -0.2) is 12.8 Å². The van der Waals surface area contributed by atoms with E-state index in [1.54, 1.807) is 24.3 Å². The molecule has 0 N–H and O–H groups in total. The van der Waals surface area contributed by atoms with Gasteiger partial charge in [0.15, 0.2) is 0 Å². The molecule has 0 spiro atoms. The number of halogens is 2. The van der Waals surface area contributed by atoms with E-state index >= 15 is 0 Å². The lowest BCUT2D eigenvalue weighted by Crippen LogP contribution is -2.49. The first-order valence-electron chi connectivity index (χ1n) is 8.32. The maximum absolute atomic E-state index is 13.8. The molecular weight excluding hydrogens is 379 g/mol. The highest BCUT2D eigenvalue weighted by molar-refractivity contribution is 7.89. The van der Waals surface area contributed by atoms with Crippen molar-refractivity contribution in [3.05, 3.63) is 59.4 Å². The van der Waals surface area contributed by atoms with Crippen molar-refractivity contribution in [1.82, 2.24) is 9.21 Å². The average Bonchev–Trinajstić information content (AvgIpc) is 2.64. The average molecular weight is 399 g/mol. The molecular formula is C18H20ClFN2O3S. The molecule has 0 aliphatic carbocycles. The Hall–Kier alpha value is -1.67. The molecule has 0 unspecified atom stereocenters. The van der Waals surface area contributed by atoms with Gasteiger partial charge < -0.3 is 4.74 Å². The Morgan fingerprint density at radius 1 is 1.00 bits per heavy atom. The molecule has 1 saturated heterocycles.